The lowest BCUT2D eigenvalue weighted by molar-refractivity contribution is 0.0793. The van der Waals surface area contributed by atoms with Crippen LogP contribution >= 0.6 is 0 Å². The summed E-state index contributed by atoms with van der Waals surface area (Å²) < 4.78 is 5.26. The van der Waals surface area contributed by atoms with Crippen LogP contribution in [0, 0.1) is 0 Å². The van der Waals surface area contributed by atoms with Crippen LogP contribution in [0.1, 0.15) is 33.6 Å². The molecule has 0 atom stereocenters. The molecule has 0 spiro atoms. The Bertz CT molecular complexity index is 842. The van der Waals surface area contributed by atoms with E-state index >= 15 is 0 Å². The molecule has 0 unspecified atom stereocenters. The number of para-hydroxylation sites is 1. The highest BCUT2D eigenvalue weighted by Gasteiger charge is 2.23. The maximum atomic E-state index is 12.9. The van der Waals surface area contributed by atoms with Crippen LogP contribution in [0.15, 0.2) is 42.5 Å². The summed E-state index contributed by atoms with van der Waals surface area (Å²) in [6.45, 7) is 1.56. The minimum atomic E-state index is -0.273. The minimum Gasteiger partial charge on any atom is -0.496 e. The average molecular weight is 367 g/mol. The number of nitrogens with zero attached hydrogens (tertiary/aromatic N) is 2. The molecule has 1 fully saturated rings. The van der Waals surface area contributed by atoms with E-state index in [2.05, 4.69) is 5.32 Å². The summed E-state index contributed by atoms with van der Waals surface area (Å²) in [6.07, 6.45) is 2.07. The molecule has 1 N–H and O–H groups in total. The van der Waals surface area contributed by atoms with Gasteiger partial charge >= 0.3 is 0 Å². The average Bonchev–Trinajstić information content (AvgIpc) is 3.21. The molecule has 2 aromatic carbocycles. The van der Waals surface area contributed by atoms with Crippen LogP contribution in [0.3, 0.4) is 0 Å². The number of carbonyl (C=O) groups excluding carboxylic acids is 2. The SMILES string of the molecule is COc1ccccc1C(=O)Nc1ccc(N(C)C)c(C(=O)N2CCCC2)c1. The van der Waals surface area contributed by atoms with Gasteiger partial charge in [-0.25, -0.2) is 0 Å². The maximum Gasteiger partial charge on any atom is 0.259 e. The van der Waals surface area contributed by atoms with Gasteiger partial charge in [0, 0.05) is 38.6 Å². The number of carbonyl (C=O) groups is 2. The van der Waals surface area contributed by atoms with Crippen molar-refractivity contribution in [3.05, 3.63) is 53.6 Å². The summed E-state index contributed by atoms with van der Waals surface area (Å²) in [5, 5.41) is 2.88. The summed E-state index contributed by atoms with van der Waals surface area (Å²) in [4.78, 5) is 29.4. The highest BCUT2D eigenvalue weighted by molar-refractivity contribution is 6.07. The number of methoxy groups -OCH3 is 1. The number of benzene rings is 2. The molecule has 6 heteroatoms. The van der Waals surface area contributed by atoms with E-state index < -0.39 is 0 Å². The lowest BCUT2D eigenvalue weighted by Gasteiger charge is -2.22. The van der Waals surface area contributed by atoms with Gasteiger partial charge in [-0.2, -0.15) is 0 Å². The van der Waals surface area contributed by atoms with E-state index in [0.717, 1.165) is 31.6 Å². The van der Waals surface area contributed by atoms with Crippen molar-refractivity contribution in [1.29, 1.82) is 0 Å². The van der Waals surface area contributed by atoms with Gasteiger partial charge in [-0.05, 0) is 43.2 Å². The van der Waals surface area contributed by atoms with Crippen LogP contribution in [-0.2, 0) is 0 Å². The Morgan fingerprint density at radius 3 is 2.41 bits per heavy atom. The Balaban J connectivity index is 1.89. The Hall–Kier alpha value is -3.02. The van der Waals surface area contributed by atoms with E-state index in [1.807, 2.05) is 42.1 Å². The molecule has 142 valence electrons. The molecule has 6 nitrogen and oxygen atoms in total. The van der Waals surface area contributed by atoms with Gasteiger partial charge in [0.2, 0.25) is 0 Å². The van der Waals surface area contributed by atoms with Gasteiger partial charge in [0.15, 0.2) is 0 Å². The van der Waals surface area contributed by atoms with Crippen molar-refractivity contribution >= 4 is 23.2 Å². The predicted octanol–water partition coefficient (Wildman–Crippen LogP) is 3.25. The lowest BCUT2D eigenvalue weighted by atomic mass is 10.1. The van der Waals surface area contributed by atoms with E-state index in [9.17, 15) is 9.59 Å². The zero-order valence-corrected chi connectivity index (χ0v) is 16.0. The van der Waals surface area contributed by atoms with Crippen molar-refractivity contribution in [2.45, 2.75) is 12.8 Å². The first-order valence-electron chi connectivity index (χ1n) is 9.06. The summed E-state index contributed by atoms with van der Waals surface area (Å²) in [5.41, 5.74) is 2.46. The molecule has 1 aliphatic heterocycles. The number of anilines is 2. The number of nitrogens with one attached hydrogen (secondary N) is 1. The third-order valence-corrected chi connectivity index (χ3v) is 4.71. The Labute approximate surface area is 159 Å². The molecular formula is C21H25N3O3. The number of hydrogen-bond donors (Lipinski definition) is 1. The van der Waals surface area contributed by atoms with Crippen LogP contribution in [0.2, 0.25) is 0 Å². The molecule has 1 aliphatic rings. The lowest BCUT2D eigenvalue weighted by Crippen LogP contribution is -2.29. The first kappa shape index (κ1) is 18.8. The molecule has 0 aliphatic carbocycles. The summed E-state index contributed by atoms with van der Waals surface area (Å²) in [5.74, 6) is 0.238. The molecule has 0 bridgehead atoms. The third kappa shape index (κ3) is 4.05. The zero-order valence-electron chi connectivity index (χ0n) is 16.0. The van der Waals surface area contributed by atoms with Gasteiger partial charge in [0.25, 0.3) is 11.8 Å². The first-order valence-corrected chi connectivity index (χ1v) is 9.06. The summed E-state index contributed by atoms with van der Waals surface area (Å²) in [7, 11) is 5.34. The van der Waals surface area contributed by atoms with E-state index in [-0.39, 0.29) is 11.8 Å². The van der Waals surface area contributed by atoms with E-state index in [0.29, 0.717) is 22.6 Å². The fourth-order valence-electron chi connectivity index (χ4n) is 3.30. The molecular weight excluding hydrogens is 342 g/mol. The Kier molecular flexibility index (Phi) is 5.64. The molecule has 1 saturated heterocycles. The highest BCUT2D eigenvalue weighted by atomic mass is 16.5. The molecule has 0 saturated carbocycles. The predicted molar refractivity (Wildman–Crippen MR) is 107 cm³/mol. The zero-order chi connectivity index (χ0) is 19.4. The van der Waals surface area contributed by atoms with Gasteiger partial charge in [-0.3, -0.25) is 9.59 Å². The van der Waals surface area contributed by atoms with Gasteiger partial charge in [0.05, 0.1) is 18.2 Å². The van der Waals surface area contributed by atoms with Gasteiger partial charge in [-0.15, -0.1) is 0 Å². The number of ether oxygens (including phenoxy) is 1. The normalized spacial score (nSPS) is 13.4. The number of rotatable bonds is 5. The molecule has 1 heterocycles. The van der Waals surface area contributed by atoms with Gasteiger partial charge < -0.3 is 19.9 Å². The second-order valence-electron chi connectivity index (χ2n) is 6.78. The van der Waals surface area contributed by atoms with Crippen molar-refractivity contribution in [2.24, 2.45) is 0 Å². The molecule has 0 aromatic heterocycles. The molecule has 2 amide bonds. The van der Waals surface area contributed by atoms with E-state index in [1.54, 1.807) is 24.3 Å². The topological polar surface area (TPSA) is 61.9 Å². The second-order valence-corrected chi connectivity index (χ2v) is 6.78. The fraction of sp³-hybridized carbons (Fsp3) is 0.333. The van der Waals surface area contributed by atoms with Gasteiger partial charge in [0.1, 0.15) is 5.75 Å². The van der Waals surface area contributed by atoms with Crippen LogP contribution in [0.25, 0.3) is 0 Å². The minimum absolute atomic E-state index is 0.00425. The number of hydrogen-bond acceptors (Lipinski definition) is 4. The van der Waals surface area contributed by atoms with Crippen molar-refractivity contribution in [3.63, 3.8) is 0 Å². The Morgan fingerprint density at radius 1 is 1.04 bits per heavy atom. The molecule has 27 heavy (non-hydrogen) atoms. The van der Waals surface area contributed by atoms with Crippen molar-refractivity contribution in [1.82, 2.24) is 4.90 Å². The number of amides is 2. The Morgan fingerprint density at radius 2 is 1.74 bits per heavy atom. The molecule has 3 rings (SSSR count). The van der Waals surface area contributed by atoms with Crippen LogP contribution in [0.5, 0.6) is 5.75 Å². The van der Waals surface area contributed by atoms with Crippen LogP contribution in [-0.4, -0.2) is 51.0 Å². The van der Waals surface area contributed by atoms with E-state index in [1.165, 1.54) is 7.11 Å². The van der Waals surface area contributed by atoms with Crippen molar-refractivity contribution in [3.8, 4) is 5.75 Å². The summed E-state index contributed by atoms with van der Waals surface area (Å²) >= 11 is 0. The second kappa shape index (κ2) is 8.12. The van der Waals surface area contributed by atoms with Crippen LogP contribution < -0.4 is 15.0 Å². The third-order valence-electron chi connectivity index (χ3n) is 4.71. The quantitative estimate of drug-likeness (QED) is 0.881. The van der Waals surface area contributed by atoms with Crippen molar-refractivity contribution < 1.29 is 14.3 Å². The highest BCUT2D eigenvalue weighted by Crippen LogP contribution is 2.27. The standard InChI is InChI=1S/C21H25N3O3/c1-23(2)18-11-10-15(14-17(18)21(26)24-12-6-7-13-24)22-20(25)16-8-4-5-9-19(16)27-3/h4-5,8-11,14H,6-7,12-13H2,1-3H3,(H,22,25). The molecule has 2 aromatic rings. The van der Waals surface area contributed by atoms with Crippen LogP contribution in [0.4, 0.5) is 11.4 Å². The fourth-order valence-corrected chi connectivity index (χ4v) is 3.30. The van der Waals surface area contributed by atoms with Gasteiger partial charge in [-0.1, -0.05) is 12.1 Å². The molecule has 0 radical (unpaired) electrons. The maximum absolute atomic E-state index is 12.9. The largest absolute Gasteiger partial charge is 0.496 e. The van der Waals surface area contributed by atoms with E-state index in [4.69, 9.17) is 4.74 Å². The first-order chi connectivity index (χ1) is 13.0. The van der Waals surface area contributed by atoms with Crippen molar-refractivity contribution in [2.75, 3.05) is 44.5 Å². The number of likely N-dealkylation sites (tertiary alicyclic amines) is 1. The monoisotopic (exact) mass is 367 g/mol. The smallest absolute Gasteiger partial charge is 0.259 e. The summed E-state index contributed by atoms with van der Waals surface area (Å²) in [6, 6.07) is 12.5.